The number of pyridine rings is 1. The summed E-state index contributed by atoms with van der Waals surface area (Å²) in [7, 11) is 0. The summed E-state index contributed by atoms with van der Waals surface area (Å²) >= 11 is 0. The van der Waals surface area contributed by atoms with E-state index in [9.17, 15) is 4.79 Å². The monoisotopic (exact) mass is 379 g/mol. The number of benzene rings is 1. The molecule has 0 unspecified atom stereocenters. The normalized spacial score (nSPS) is 23.4. The van der Waals surface area contributed by atoms with Gasteiger partial charge in [0.15, 0.2) is 0 Å². The third-order valence-electron chi connectivity index (χ3n) is 6.07. The van der Waals surface area contributed by atoms with Gasteiger partial charge in [0, 0.05) is 31.5 Å². The van der Waals surface area contributed by atoms with E-state index in [1.54, 1.807) is 6.20 Å². The number of nitrogens with zero attached hydrogens (tertiary/aromatic N) is 3. The average molecular weight is 380 g/mol. The van der Waals surface area contributed by atoms with Crippen molar-refractivity contribution in [1.82, 2.24) is 9.88 Å². The summed E-state index contributed by atoms with van der Waals surface area (Å²) in [5, 5.41) is 0. The van der Waals surface area contributed by atoms with Crippen LogP contribution in [0.4, 0.5) is 5.69 Å². The van der Waals surface area contributed by atoms with Crippen LogP contribution in [-0.2, 0) is 0 Å². The van der Waals surface area contributed by atoms with E-state index in [2.05, 4.69) is 35.9 Å². The highest BCUT2D eigenvalue weighted by molar-refractivity contribution is 5.92. The van der Waals surface area contributed by atoms with Crippen LogP contribution < -0.4 is 9.64 Å². The molecule has 2 atom stereocenters. The van der Waals surface area contributed by atoms with Crippen LogP contribution in [0.3, 0.4) is 0 Å². The second-order valence-electron chi connectivity index (χ2n) is 8.58. The van der Waals surface area contributed by atoms with Crippen LogP contribution in [0.5, 0.6) is 5.75 Å². The van der Waals surface area contributed by atoms with Gasteiger partial charge in [0.25, 0.3) is 5.91 Å². The van der Waals surface area contributed by atoms with E-state index in [4.69, 9.17) is 4.74 Å². The highest BCUT2D eigenvalue weighted by Crippen LogP contribution is 2.43. The van der Waals surface area contributed by atoms with E-state index in [1.165, 1.54) is 5.69 Å². The van der Waals surface area contributed by atoms with Gasteiger partial charge >= 0.3 is 0 Å². The Balaban J connectivity index is 1.61. The Kier molecular flexibility index (Phi) is 5.00. The molecule has 28 heavy (non-hydrogen) atoms. The Morgan fingerprint density at radius 3 is 2.61 bits per heavy atom. The van der Waals surface area contributed by atoms with Gasteiger partial charge in [-0.05, 0) is 61.1 Å². The molecule has 0 N–H and O–H groups in total. The highest BCUT2D eigenvalue weighted by atomic mass is 16.5. The SMILES string of the molecule is CCOc1ccc(N2C[C@H]3CN(C(=O)c4ccccn4)C[C@@H]2C(C)(C)C3)cc1. The second-order valence-corrected chi connectivity index (χ2v) is 8.58. The second kappa shape index (κ2) is 7.46. The van der Waals surface area contributed by atoms with Crippen LogP contribution in [0.1, 0.15) is 37.7 Å². The Morgan fingerprint density at radius 2 is 1.93 bits per heavy atom. The maximum Gasteiger partial charge on any atom is 0.272 e. The fourth-order valence-electron chi connectivity index (χ4n) is 4.84. The average Bonchev–Trinajstić information content (AvgIpc) is 2.96. The minimum atomic E-state index is 0.0434. The summed E-state index contributed by atoms with van der Waals surface area (Å²) in [6.45, 7) is 9.84. The number of hydrogen-bond acceptors (Lipinski definition) is 4. The van der Waals surface area contributed by atoms with Crippen molar-refractivity contribution >= 4 is 11.6 Å². The third kappa shape index (κ3) is 3.58. The lowest BCUT2D eigenvalue weighted by molar-refractivity contribution is 0.0740. The number of aromatic nitrogens is 1. The summed E-state index contributed by atoms with van der Waals surface area (Å²) in [4.78, 5) is 21.9. The largest absolute Gasteiger partial charge is 0.494 e. The summed E-state index contributed by atoms with van der Waals surface area (Å²) in [6, 6.07) is 14.2. The molecule has 5 heteroatoms. The first-order chi connectivity index (χ1) is 13.5. The Morgan fingerprint density at radius 1 is 1.14 bits per heavy atom. The van der Waals surface area contributed by atoms with Crippen LogP contribution in [-0.4, -0.2) is 48.1 Å². The van der Waals surface area contributed by atoms with Gasteiger partial charge in [-0.25, -0.2) is 0 Å². The van der Waals surface area contributed by atoms with Gasteiger partial charge < -0.3 is 14.5 Å². The van der Waals surface area contributed by atoms with Crippen molar-refractivity contribution in [2.24, 2.45) is 11.3 Å². The number of rotatable bonds is 4. The lowest BCUT2D eigenvalue weighted by Crippen LogP contribution is -2.54. The van der Waals surface area contributed by atoms with Crippen molar-refractivity contribution in [2.45, 2.75) is 33.2 Å². The zero-order valence-corrected chi connectivity index (χ0v) is 17.0. The number of hydrogen-bond donors (Lipinski definition) is 0. The summed E-state index contributed by atoms with van der Waals surface area (Å²) < 4.78 is 5.59. The molecule has 0 spiro atoms. The molecule has 148 valence electrons. The number of piperidine rings is 1. The van der Waals surface area contributed by atoms with Gasteiger partial charge in [-0.1, -0.05) is 19.9 Å². The standard InChI is InChI=1S/C23H29N3O2/c1-4-28-19-10-8-18(9-11-19)26-15-17-13-23(2,3)21(26)16-25(14-17)22(27)20-7-5-6-12-24-20/h5-12,17,21H,4,13-16H2,1-3H3/t17-,21-/m1/s1. The third-order valence-corrected chi connectivity index (χ3v) is 6.07. The van der Waals surface area contributed by atoms with Crippen molar-refractivity contribution < 1.29 is 9.53 Å². The molecule has 3 saturated heterocycles. The van der Waals surface area contributed by atoms with E-state index in [-0.39, 0.29) is 17.4 Å². The molecule has 5 rings (SSSR count). The topological polar surface area (TPSA) is 45.7 Å². The van der Waals surface area contributed by atoms with Crippen molar-refractivity contribution in [3.8, 4) is 5.75 Å². The quantitative estimate of drug-likeness (QED) is 0.809. The summed E-state index contributed by atoms with van der Waals surface area (Å²) in [5.74, 6) is 1.40. The van der Waals surface area contributed by atoms with Crippen molar-refractivity contribution in [2.75, 3.05) is 31.1 Å². The number of carbonyl (C=O) groups excluding carboxylic acids is 1. The maximum atomic E-state index is 13.1. The fourth-order valence-corrected chi connectivity index (χ4v) is 4.84. The Labute approximate surface area is 167 Å². The van der Waals surface area contributed by atoms with Crippen molar-refractivity contribution in [1.29, 1.82) is 0 Å². The van der Waals surface area contributed by atoms with Crippen LogP contribution >= 0.6 is 0 Å². The first-order valence-electron chi connectivity index (χ1n) is 10.2. The van der Waals surface area contributed by atoms with Gasteiger partial charge in [-0.2, -0.15) is 0 Å². The molecule has 1 amide bonds. The molecule has 1 aromatic heterocycles. The molecule has 2 aromatic rings. The van der Waals surface area contributed by atoms with Crippen LogP contribution in [0, 0.1) is 11.3 Å². The number of fused-ring (bicyclic) bond motifs is 4. The van der Waals surface area contributed by atoms with E-state index in [0.29, 0.717) is 18.2 Å². The summed E-state index contributed by atoms with van der Waals surface area (Å²) in [5.41, 5.74) is 1.88. The van der Waals surface area contributed by atoms with Crippen molar-refractivity contribution in [3.05, 3.63) is 54.4 Å². The van der Waals surface area contributed by atoms with E-state index >= 15 is 0 Å². The molecule has 0 saturated carbocycles. The van der Waals surface area contributed by atoms with Gasteiger partial charge in [-0.15, -0.1) is 0 Å². The van der Waals surface area contributed by atoms with E-state index in [1.807, 2.05) is 42.2 Å². The van der Waals surface area contributed by atoms with Gasteiger partial charge in [0.2, 0.25) is 0 Å². The van der Waals surface area contributed by atoms with Gasteiger partial charge in [0.05, 0.1) is 12.6 Å². The Hall–Kier alpha value is -2.56. The molecule has 3 aliphatic heterocycles. The molecule has 4 heterocycles. The summed E-state index contributed by atoms with van der Waals surface area (Å²) in [6.07, 6.45) is 2.83. The minimum Gasteiger partial charge on any atom is -0.494 e. The lowest BCUT2D eigenvalue weighted by atomic mass is 9.73. The highest BCUT2D eigenvalue weighted by Gasteiger charge is 2.46. The first kappa shape index (κ1) is 18.8. The zero-order chi connectivity index (χ0) is 19.7. The maximum absolute atomic E-state index is 13.1. The number of carbonyl (C=O) groups is 1. The zero-order valence-electron chi connectivity index (χ0n) is 17.0. The molecule has 1 aromatic carbocycles. The molecule has 2 bridgehead atoms. The van der Waals surface area contributed by atoms with E-state index < -0.39 is 0 Å². The van der Waals surface area contributed by atoms with Gasteiger partial charge in [-0.3, -0.25) is 9.78 Å². The fraction of sp³-hybridized carbons (Fsp3) is 0.478. The number of amides is 1. The molecule has 5 nitrogen and oxygen atoms in total. The molecule has 0 aliphatic carbocycles. The van der Waals surface area contributed by atoms with Crippen molar-refractivity contribution in [3.63, 3.8) is 0 Å². The first-order valence-corrected chi connectivity index (χ1v) is 10.2. The van der Waals surface area contributed by atoms with Crippen LogP contribution in [0.15, 0.2) is 48.7 Å². The molecule has 3 aliphatic rings. The molecule has 3 fully saturated rings. The van der Waals surface area contributed by atoms with Crippen LogP contribution in [0.2, 0.25) is 0 Å². The predicted molar refractivity (Wildman–Crippen MR) is 111 cm³/mol. The van der Waals surface area contributed by atoms with Crippen LogP contribution in [0.25, 0.3) is 0 Å². The minimum absolute atomic E-state index is 0.0434. The number of ether oxygens (including phenoxy) is 1. The van der Waals surface area contributed by atoms with Gasteiger partial charge in [0.1, 0.15) is 11.4 Å². The lowest BCUT2D eigenvalue weighted by Gasteiger charge is -2.48. The number of anilines is 1. The molecular formula is C23H29N3O2. The Bertz CT molecular complexity index is 820. The molecular weight excluding hydrogens is 350 g/mol. The molecule has 0 radical (unpaired) electrons. The van der Waals surface area contributed by atoms with E-state index in [0.717, 1.165) is 31.8 Å². The smallest absolute Gasteiger partial charge is 0.272 e. The predicted octanol–water partition coefficient (Wildman–Crippen LogP) is 3.86.